The minimum Gasteiger partial charge on any atom is -0.480 e. The molecule has 0 spiro atoms. The molecule has 0 bridgehead atoms. The van der Waals surface area contributed by atoms with E-state index in [1.54, 1.807) is 12.1 Å². The number of rotatable bonds is 6. The van der Waals surface area contributed by atoms with Gasteiger partial charge in [-0.05, 0) is 26.0 Å². The third kappa shape index (κ3) is 3.94. The third-order valence-corrected chi connectivity index (χ3v) is 4.93. The minimum atomic E-state index is -4.20. The predicted octanol–water partition coefficient (Wildman–Crippen LogP) is 0.777. The van der Waals surface area contributed by atoms with Gasteiger partial charge in [0.15, 0.2) is 5.25 Å². The molecule has 0 radical (unpaired) electrons. The number of sulfonamides is 1. The Balaban J connectivity index is 3.27. The molecule has 0 aromatic heterocycles. The van der Waals surface area contributed by atoms with E-state index in [1.165, 1.54) is 12.1 Å². The largest absolute Gasteiger partial charge is 0.480 e. The lowest BCUT2D eigenvalue weighted by Crippen LogP contribution is -2.44. The van der Waals surface area contributed by atoms with Gasteiger partial charge in [-0.15, -0.1) is 0 Å². The Labute approximate surface area is 123 Å². The molecule has 7 nitrogen and oxygen atoms in total. The molecular weight excluding hydrogens is 298 g/mol. The van der Waals surface area contributed by atoms with E-state index >= 15 is 0 Å². The highest BCUT2D eigenvalue weighted by molar-refractivity contribution is 7.94. The number of carbonyl (C=O) groups is 2. The van der Waals surface area contributed by atoms with E-state index in [0.717, 1.165) is 19.6 Å². The molecule has 0 saturated carbocycles. The van der Waals surface area contributed by atoms with E-state index in [-0.39, 0.29) is 5.69 Å². The van der Waals surface area contributed by atoms with Crippen molar-refractivity contribution in [3.63, 3.8) is 0 Å². The highest BCUT2D eigenvalue weighted by atomic mass is 32.2. The molecule has 116 valence electrons. The molecule has 1 N–H and O–H groups in total. The zero-order chi connectivity index (χ0) is 16.2. The van der Waals surface area contributed by atoms with Crippen LogP contribution >= 0.6 is 0 Å². The van der Waals surface area contributed by atoms with E-state index in [0.29, 0.717) is 4.31 Å². The number of carbonyl (C=O) groups excluding carboxylic acids is 1. The molecule has 1 atom stereocenters. The van der Waals surface area contributed by atoms with E-state index in [2.05, 4.69) is 4.74 Å². The number of hydrogen-bond donors (Lipinski definition) is 1. The summed E-state index contributed by atoms with van der Waals surface area (Å²) in [4.78, 5) is 22.4. The number of aryl methyl sites for hydroxylation is 1. The maximum atomic E-state index is 12.4. The zero-order valence-corrected chi connectivity index (χ0v) is 12.8. The summed E-state index contributed by atoms with van der Waals surface area (Å²) < 4.78 is 29.9. The summed E-state index contributed by atoms with van der Waals surface area (Å²) in [5.41, 5.74) is 1.08. The van der Waals surface area contributed by atoms with Crippen LogP contribution in [0.4, 0.5) is 5.69 Å². The Morgan fingerprint density at radius 1 is 1.29 bits per heavy atom. The van der Waals surface area contributed by atoms with Crippen LogP contribution in [0.2, 0.25) is 0 Å². The lowest BCUT2D eigenvalue weighted by molar-refractivity contribution is -0.140. The summed E-state index contributed by atoms with van der Waals surface area (Å²) in [6.45, 7) is 2.20. The number of carboxylic acid groups (broad SMARTS) is 1. The standard InChI is InChI=1S/C13H17NO6S/c1-9-4-6-11(7-5-9)14(8-12(15)16)21(18,19)10(2)13(17)20-3/h4-7,10H,8H2,1-3H3,(H,15,16). The topological polar surface area (TPSA) is 101 Å². The highest BCUT2D eigenvalue weighted by Crippen LogP contribution is 2.21. The molecule has 1 rings (SSSR count). The van der Waals surface area contributed by atoms with Crippen molar-refractivity contribution in [2.45, 2.75) is 19.1 Å². The number of anilines is 1. The number of nitrogens with zero attached hydrogens (tertiary/aromatic N) is 1. The van der Waals surface area contributed by atoms with Crippen LogP contribution < -0.4 is 4.31 Å². The van der Waals surface area contributed by atoms with Gasteiger partial charge in [-0.3, -0.25) is 13.9 Å². The van der Waals surface area contributed by atoms with Crippen LogP contribution in [0.25, 0.3) is 0 Å². The van der Waals surface area contributed by atoms with Gasteiger partial charge in [-0.2, -0.15) is 0 Å². The molecule has 0 aliphatic carbocycles. The summed E-state index contributed by atoms with van der Waals surface area (Å²) in [5.74, 6) is -2.27. The van der Waals surface area contributed by atoms with Crippen LogP contribution in [0.5, 0.6) is 0 Å². The number of ether oxygens (including phenoxy) is 1. The first-order chi connectivity index (χ1) is 9.70. The first kappa shape index (κ1) is 17.0. The maximum Gasteiger partial charge on any atom is 0.325 e. The zero-order valence-electron chi connectivity index (χ0n) is 11.9. The van der Waals surface area contributed by atoms with Crippen LogP contribution in [0, 0.1) is 6.92 Å². The number of hydrogen-bond acceptors (Lipinski definition) is 5. The molecule has 1 unspecified atom stereocenters. The molecule has 8 heteroatoms. The second-order valence-corrected chi connectivity index (χ2v) is 6.62. The normalized spacial score (nSPS) is 12.5. The molecule has 0 saturated heterocycles. The van der Waals surface area contributed by atoms with Crippen molar-refractivity contribution in [1.29, 1.82) is 0 Å². The van der Waals surface area contributed by atoms with Gasteiger partial charge in [0.05, 0.1) is 12.8 Å². The number of carboxylic acids is 1. The van der Waals surface area contributed by atoms with Crippen molar-refractivity contribution in [2.75, 3.05) is 18.0 Å². The fraction of sp³-hybridized carbons (Fsp3) is 0.385. The van der Waals surface area contributed by atoms with Crippen molar-refractivity contribution in [3.8, 4) is 0 Å². The summed E-state index contributed by atoms with van der Waals surface area (Å²) in [6.07, 6.45) is 0. The van der Waals surface area contributed by atoms with Crippen LogP contribution in [0.1, 0.15) is 12.5 Å². The van der Waals surface area contributed by atoms with E-state index < -0.39 is 33.8 Å². The summed E-state index contributed by atoms with van der Waals surface area (Å²) >= 11 is 0. The summed E-state index contributed by atoms with van der Waals surface area (Å²) in [5, 5.41) is 7.42. The van der Waals surface area contributed by atoms with Gasteiger partial charge in [0.2, 0.25) is 10.0 Å². The quantitative estimate of drug-likeness (QED) is 0.778. The maximum absolute atomic E-state index is 12.4. The van der Waals surface area contributed by atoms with Crippen LogP contribution in [-0.2, 0) is 24.3 Å². The highest BCUT2D eigenvalue weighted by Gasteiger charge is 2.36. The molecule has 1 aromatic rings. The Hall–Kier alpha value is -2.09. The smallest absolute Gasteiger partial charge is 0.325 e. The molecule has 0 aliphatic rings. The molecule has 21 heavy (non-hydrogen) atoms. The Morgan fingerprint density at radius 3 is 2.24 bits per heavy atom. The van der Waals surface area contributed by atoms with Crippen molar-refractivity contribution < 1.29 is 27.9 Å². The lowest BCUT2D eigenvalue weighted by Gasteiger charge is -2.25. The summed E-state index contributed by atoms with van der Waals surface area (Å²) in [6, 6.07) is 6.28. The number of esters is 1. The van der Waals surface area contributed by atoms with Crippen LogP contribution in [0.3, 0.4) is 0 Å². The predicted molar refractivity (Wildman–Crippen MR) is 76.6 cm³/mol. The van der Waals surface area contributed by atoms with Gasteiger partial charge in [0.1, 0.15) is 6.54 Å². The van der Waals surface area contributed by atoms with E-state index in [4.69, 9.17) is 5.11 Å². The Kier molecular flexibility index (Phi) is 5.31. The number of methoxy groups -OCH3 is 1. The fourth-order valence-electron chi connectivity index (χ4n) is 1.64. The van der Waals surface area contributed by atoms with E-state index in [1.807, 2.05) is 6.92 Å². The lowest BCUT2D eigenvalue weighted by atomic mass is 10.2. The SMILES string of the molecule is COC(=O)C(C)S(=O)(=O)N(CC(=O)O)c1ccc(C)cc1. The first-order valence-electron chi connectivity index (χ1n) is 6.08. The Bertz CT molecular complexity index is 623. The average Bonchev–Trinajstić information content (AvgIpc) is 2.43. The van der Waals surface area contributed by atoms with Gasteiger partial charge < -0.3 is 9.84 Å². The average molecular weight is 315 g/mol. The van der Waals surface area contributed by atoms with Crippen molar-refractivity contribution in [3.05, 3.63) is 29.8 Å². The van der Waals surface area contributed by atoms with Crippen LogP contribution in [-0.4, -0.2) is 44.4 Å². The van der Waals surface area contributed by atoms with Gasteiger partial charge in [0.25, 0.3) is 0 Å². The monoisotopic (exact) mass is 315 g/mol. The Morgan fingerprint density at radius 2 is 1.81 bits per heavy atom. The van der Waals surface area contributed by atoms with Gasteiger partial charge >= 0.3 is 11.9 Å². The molecule has 0 aliphatic heterocycles. The first-order valence-corrected chi connectivity index (χ1v) is 7.58. The molecule has 0 heterocycles. The van der Waals surface area contributed by atoms with Gasteiger partial charge in [-0.1, -0.05) is 17.7 Å². The van der Waals surface area contributed by atoms with E-state index in [9.17, 15) is 18.0 Å². The molecule has 0 fully saturated rings. The van der Waals surface area contributed by atoms with Crippen molar-refractivity contribution >= 4 is 27.6 Å². The van der Waals surface area contributed by atoms with Crippen molar-refractivity contribution in [1.82, 2.24) is 0 Å². The van der Waals surface area contributed by atoms with Crippen LogP contribution in [0.15, 0.2) is 24.3 Å². The second kappa shape index (κ2) is 6.57. The van der Waals surface area contributed by atoms with Crippen molar-refractivity contribution in [2.24, 2.45) is 0 Å². The molecular formula is C13H17NO6S. The fourth-order valence-corrected chi connectivity index (χ4v) is 3.07. The minimum absolute atomic E-state index is 0.179. The third-order valence-electron chi connectivity index (χ3n) is 2.89. The summed E-state index contributed by atoms with van der Waals surface area (Å²) in [7, 11) is -3.12. The molecule has 0 amide bonds. The second-order valence-electron chi connectivity index (χ2n) is 4.45. The number of benzene rings is 1. The number of aliphatic carboxylic acids is 1. The molecule has 1 aromatic carbocycles. The van der Waals surface area contributed by atoms with Gasteiger partial charge in [-0.25, -0.2) is 8.42 Å². The van der Waals surface area contributed by atoms with Gasteiger partial charge in [0, 0.05) is 0 Å².